The molecule has 2 heterocycles. The second-order valence-corrected chi connectivity index (χ2v) is 11.2. The molecule has 1 unspecified atom stereocenters. The van der Waals surface area contributed by atoms with E-state index in [4.69, 9.17) is 24.1 Å². The maximum absolute atomic E-state index is 11.2. The van der Waals surface area contributed by atoms with Gasteiger partial charge in [0, 0.05) is 33.6 Å². The second kappa shape index (κ2) is 12.4. The summed E-state index contributed by atoms with van der Waals surface area (Å²) in [5, 5.41) is 14.1. The summed E-state index contributed by atoms with van der Waals surface area (Å²) in [6.45, 7) is 5.50. The van der Waals surface area contributed by atoms with Crippen molar-refractivity contribution in [2.75, 3.05) is 0 Å². The van der Waals surface area contributed by atoms with Gasteiger partial charge < -0.3 is 19.1 Å². The minimum absolute atomic E-state index is 0.312. The van der Waals surface area contributed by atoms with Crippen LogP contribution in [-0.2, 0) is 17.2 Å². The normalized spacial score (nSPS) is 11.8. The summed E-state index contributed by atoms with van der Waals surface area (Å²) in [4.78, 5) is 22.6. The molecule has 204 valence electrons. The fourth-order valence-electron chi connectivity index (χ4n) is 3.84. The molecule has 0 radical (unpaired) electrons. The lowest BCUT2D eigenvalue weighted by molar-refractivity contribution is -0.144. The molecule has 0 bridgehead atoms. The summed E-state index contributed by atoms with van der Waals surface area (Å²) in [6, 6.07) is 23.5. The zero-order valence-corrected chi connectivity index (χ0v) is 23.8. The van der Waals surface area contributed by atoms with E-state index in [0.29, 0.717) is 35.6 Å². The third-order valence-electron chi connectivity index (χ3n) is 5.96. The predicted octanol–water partition coefficient (Wildman–Crippen LogP) is 7.20. The molecule has 0 spiro atoms. The lowest BCUT2D eigenvalue weighted by Crippen LogP contribution is -2.23. The van der Waals surface area contributed by atoms with Crippen LogP contribution < -0.4 is 9.47 Å². The number of aliphatic carboxylic acids is 1. The fourth-order valence-corrected chi connectivity index (χ4v) is 6.01. The van der Waals surface area contributed by atoms with Crippen molar-refractivity contribution in [2.24, 2.45) is 0 Å². The molecule has 2 aromatic heterocycles. The minimum Gasteiger partial charge on any atom is -0.487 e. The average Bonchev–Trinajstić information content (AvgIpc) is 3.59. The summed E-state index contributed by atoms with van der Waals surface area (Å²) in [5.74, 6) is 1.99. The first-order valence-corrected chi connectivity index (χ1v) is 14.4. The number of nitrogens with zero attached hydrogens (tertiary/aromatic N) is 3. The smallest absolute Gasteiger partial charge is 0.344 e. The van der Waals surface area contributed by atoms with E-state index in [1.807, 2.05) is 67.6 Å². The first kappa shape index (κ1) is 27.4. The first-order chi connectivity index (χ1) is 19.4. The summed E-state index contributed by atoms with van der Waals surface area (Å²) in [6.07, 6.45) is -0.912. The SMILES string of the molecule is Cc1nc(-c2cccc(OCc3nc(-c4ccccc4)sc3CSc3ccc(OC(C)C(=O)O)c(C)c3)c2)no1. The molecule has 0 aliphatic rings. The molecule has 8 nitrogen and oxygen atoms in total. The summed E-state index contributed by atoms with van der Waals surface area (Å²) in [7, 11) is 0. The van der Waals surface area contributed by atoms with Crippen LogP contribution >= 0.6 is 23.1 Å². The highest BCUT2D eigenvalue weighted by Gasteiger charge is 2.16. The highest BCUT2D eigenvalue weighted by molar-refractivity contribution is 7.98. The number of benzene rings is 3. The topological polar surface area (TPSA) is 108 Å². The highest BCUT2D eigenvalue weighted by Crippen LogP contribution is 2.35. The maximum Gasteiger partial charge on any atom is 0.344 e. The van der Waals surface area contributed by atoms with Crippen LogP contribution in [0, 0.1) is 13.8 Å². The number of aromatic nitrogens is 3. The molecule has 0 fully saturated rings. The molecule has 0 aliphatic heterocycles. The number of ether oxygens (including phenoxy) is 2. The van der Waals surface area contributed by atoms with Gasteiger partial charge >= 0.3 is 5.97 Å². The van der Waals surface area contributed by atoms with Crippen LogP contribution in [0.5, 0.6) is 11.5 Å². The maximum atomic E-state index is 11.2. The van der Waals surface area contributed by atoms with Gasteiger partial charge in [-0.05, 0) is 49.7 Å². The molecule has 0 saturated heterocycles. The van der Waals surface area contributed by atoms with Crippen LogP contribution in [0.15, 0.2) is 82.2 Å². The molecule has 0 saturated carbocycles. The average molecular weight is 574 g/mol. The van der Waals surface area contributed by atoms with Crippen LogP contribution in [-0.4, -0.2) is 32.3 Å². The number of carboxylic acids is 1. The molecular weight excluding hydrogens is 546 g/mol. The monoisotopic (exact) mass is 573 g/mol. The molecule has 1 N–H and O–H groups in total. The number of hydrogen-bond donors (Lipinski definition) is 1. The minimum atomic E-state index is -0.997. The largest absolute Gasteiger partial charge is 0.487 e. The summed E-state index contributed by atoms with van der Waals surface area (Å²) in [5.41, 5.74) is 3.63. The van der Waals surface area contributed by atoms with Crippen molar-refractivity contribution in [1.29, 1.82) is 0 Å². The number of aryl methyl sites for hydroxylation is 2. The van der Waals surface area contributed by atoms with Crippen molar-refractivity contribution >= 4 is 29.1 Å². The Bertz CT molecular complexity index is 1620. The summed E-state index contributed by atoms with van der Waals surface area (Å²) < 4.78 is 16.8. The van der Waals surface area contributed by atoms with Gasteiger partial charge in [-0.1, -0.05) is 47.6 Å². The molecule has 1 atom stereocenters. The van der Waals surface area contributed by atoms with E-state index in [1.165, 1.54) is 6.92 Å². The lowest BCUT2D eigenvalue weighted by atomic mass is 10.2. The van der Waals surface area contributed by atoms with Crippen LogP contribution in [0.3, 0.4) is 0 Å². The van der Waals surface area contributed by atoms with Crippen LogP contribution in [0.25, 0.3) is 22.0 Å². The Labute approximate surface area is 240 Å². The van der Waals surface area contributed by atoms with Crippen LogP contribution in [0.4, 0.5) is 0 Å². The second-order valence-electron chi connectivity index (χ2n) is 9.02. The third kappa shape index (κ3) is 6.70. The molecule has 0 aliphatic carbocycles. The summed E-state index contributed by atoms with van der Waals surface area (Å²) >= 11 is 3.34. The van der Waals surface area contributed by atoms with Gasteiger partial charge in [0.1, 0.15) is 23.1 Å². The highest BCUT2D eigenvalue weighted by atomic mass is 32.2. The molecule has 5 aromatic rings. The van der Waals surface area contributed by atoms with E-state index < -0.39 is 12.1 Å². The van der Waals surface area contributed by atoms with Gasteiger partial charge in [0.05, 0.1) is 5.69 Å². The zero-order chi connectivity index (χ0) is 28.1. The number of carbonyl (C=O) groups is 1. The fraction of sp³-hybridized carbons (Fsp3) is 0.200. The van der Waals surface area contributed by atoms with Crippen molar-refractivity contribution < 1.29 is 23.9 Å². The van der Waals surface area contributed by atoms with Gasteiger partial charge in [-0.2, -0.15) is 4.98 Å². The van der Waals surface area contributed by atoms with E-state index in [-0.39, 0.29) is 0 Å². The molecule has 0 amide bonds. The van der Waals surface area contributed by atoms with Crippen molar-refractivity contribution in [2.45, 2.75) is 44.1 Å². The Morgan fingerprint density at radius 3 is 2.55 bits per heavy atom. The predicted molar refractivity (Wildman–Crippen MR) is 155 cm³/mol. The Morgan fingerprint density at radius 1 is 1.02 bits per heavy atom. The van der Waals surface area contributed by atoms with Crippen molar-refractivity contribution in [3.63, 3.8) is 0 Å². The van der Waals surface area contributed by atoms with Gasteiger partial charge in [-0.25, -0.2) is 9.78 Å². The van der Waals surface area contributed by atoms with Crippen LogP contribution in [0.2, 0.25) is 0 Å². The van der Waals surface area contributed by atoms with Gasteiger partial charge in [-0.3, -0.25) is 0 Å². The van der Waals surface area contributed by atoms with E-state index in [2.05, 4.69) is 22.3 Å². The van der Waals surface area contributed by atoms with Crippen molar-refractivity contribution in [3.8, 4) is 33.5 Å². The molecule has 3 aromatic carbocycles. The number of thioether (sulfide) groups is 1. The zero-order valence-electron chi connectivity index (χ0n) is 22.2. The van der Waals surface area contributed by atoms with Gasteiger partial charge in [-0.15, -0.1) is 23.1 Å². The van der Waals surface area contributed by atoms with E-state index >= 15 is 0 Å². The lowest BCUT2D eigenvalue weighted by Gasteiger charge is -2.13. The Balaban J connectivity index is 1.33. The number of carboxylic acid groups (broad SMARTS) is 1. The quantitative estimate of drug-likeness (QED) is 0.164. The third-order valence-corrected chi connectivity index (χ3v) is 8.31. The molecule has 5 rings (SSSR count). The van der Waals surface area contributed by atoms with Gasteiger partial charge in [0.15, 0.2) is 6.10 Å². The number of thiazole rings is 1. The Morgan fingerprint density at radius 2 is 1.82 bits per heavy atom. The Hall–Kier alpha value is -4.15. The molecular formula is C30H27N3O5S2. The van der Waals surface area contributed by atoms with Gasteiger partial charge in [0.2, 0.25) is 11.7 Å². The van der Waals surface area contributed by atoms with Gasteiger partial charge in [0.25, 0.3) is 0 Å². The molecule has 40 heavy (non-hydrogen) atoms. The molecule has 10 heteroatoms. The standard InChI is InChI=1S/C30H27N3O5S2/c1-18-14-24(12-13-26(18)37-19(2)30(34)35)39-17-27-25(32-29(40-27)21-8-5-4-6-9-21)16-36-23-11-7-10-22(15-23)28-31-20(3)38-33-28/h4-15,19H,16-17H2,1-3H3,(H,34,35). The van der Waals surface area contributed by atoms with E-state index in [0.717, 1.165) is 37.2 Å². The van der Waals surface area contributed by atoms with E-state index in [9.17, 15) is 4.79 Å². The van der Waals surface area contributed by atoms with Crippen molar-refractivity contribution in [3.05, 3.63) is 94.8 Å². The Kier molecular flexibility index (Phi) is 8.47. The first-order valence-electron chi connectivity index (χ1n) is 12.6. The van der Waals surface area contributed by atoms with E-state index in [1.54, 1.807) is 30.0 Å². The van der Waals surface area contributed by atoms with Crippen molar-refractivity contribution in [1.82, 2.24) is 15.1 Å². The number of rotatable bonds is 11. The number of hydrogen-bond acceptors (Lipinski definition) is 9. The van der Waals surface area contributed by atoms with Crippen LogP contribution in [0.1, 0.15) is 28.9 Å².